The Morgan fingerprint density at radius 2 is 1.89 bits per heavy atom. The minimum absolute atomic E-state index is 0.236. The van der Waals surface area contributed by atoms with E-state index in [1.165, 1.54) is 16.8 Å². The molecule has 1 rings (SSSR count). The molecular weight excluding hydrogens is 271 g/mol. The van der Waals surface area contributed by atoms with E-state index in [1.807, 2.05) is 0 Å². The molecule has 7 nitrogen and oxygen atoms in total. The van der Waals surface area contributed by atoms with E-state index in [4.69, 9.17) is 9.05 Å². The van der Waals surface area contributed by atoms with Gasteiger partial charge in [0, 0.05) is 18.8 Å². The summed E-state index contributed by atoms with van der Waals surface area (Å²) in [4.78, 5) is 24.5. The Morgan fingerprint density at radius 3 is 2.42 bits per heavy atom. The van der Waals surface area contributed by atoms with Crippen molar-refractivity contribution in [3.63, 3.8) is 0 Å². The Bertz CT molecular complexity index is 541. The first-order valence-electron chi connectivity index (χ1n) is 6.18. The first kappa shape index (κ1) is 15.9. The van der Waals surface area contributed by atoms with Crippen molar-refractivity contribution in [3.05, 3.63) is 33.1 Å². The van der Waals surface area contributed by atoms with Crippen molar-refractivity contribution in [2.24, 2.45) is 0 Å². The third-order valence-electron chi connectivity index (χ3n) is 2.38. The molecular formula is C11H19N2O5P. The first-order valence-corrected chi connectivity index (χ1v) is 7.91. The highest BCUT2D eigenvalue weighted by Gasteiger charge is 2.22. The monoisotopic (exact) mass is 290 g/mol. The van der Waals surface area contributed by atoms with Crippen LogP contribution in [0.3, 0.4) is 0 Å². The standard InChI is InChI=1S/C11H19N2O5P/c1-3-17-19(16,18-4-2)9-5-7-13-8-6-10(14)12-11(13)15/h6,8H,3-5,7,9H2,1-2H3,(H,12,14,15). The van der Waals surface area contributed by atoms with Crippen LogP contribution < -0.4 is 11.2 Å². The smallest absolute Gasteiger partial charge is 0.309 e. The predicted octanol–water partition coefficient (Wildman–Crippen LogP) is 1.19. The van der Waals surface area contributed by atoms with Crippen LogP contribution in [-0.2, 0) is 20.2 Å². The molecule has 8 heteroatoms. The highest BCUT2D eigenvalue weighted by Crippen LogP contribution is 2.48. The van der Waals surface area contributed by atoms with Gasteiger partial charge < -0.3 is 13.6 Å². The summed E-state index contributed by atoms with van der Waals surface area (Å²) in [6, 6.07) is 1.27. The Labute approximate surface area is 111 Å². The van der Waals surface area contributed by atoms with Crippen molar-refractivity contribution in [1.82, 2.24) is 9.55 Å². The van der Waals surface area contributed by atoms with Crippen molar-refractivity contribution in [3.8, 4) is 0 Å². The van der Waals surface area contributed by atoms with Gasteiger partial charge in [-0.15, -0.1) is 0 Å². The third-order valence-corrected chi connectivity index (χ3v) is 4.55. The number of rotatable bonds is 8. The number of hydrogen-bond donors (Lipinski definition) is 1. The molecule has 0 aliphatic heterocycles. The second-order valence-electron chi connectivity index (χ2n) is 3.83. The van der Waals surface area contributed by atoms with Crippen LogP contribution in [0.15, 0.2) is 21.9 Å². The molecule has 0 unspecified atom stereocenters. The highest BCUT2D eigenvalue weighted by atomic mass is 31.2. The van der Waals surface area contributed by atoms with Gasteiger partial charge in [-0.05, 0) is 20.3 Å². The molecule has 0 radical (unpaired) electrons. The van der Waals surface area contributed by atoms with Gasteiger partial charge >= 0.3 is 13.3 Å². The van der Waals surface area contributed by atoms with Crippen molar-refractivity contribution >= 4 is 7.60 Å². The van der Waals surface area contributed by atoms with E-state index in [-0.39, 0.29) is 6.16 Å². The van der Waals surface area contributed by atoms with Crippen LogP contribution in [0.4, 0.5) is 0 Å². The summed E-state index contributed by atoms with van der Waals surface area (Å²) >= 11 is 0. The molecule has 0 saturated heterocycles. The molecule has 0 atom stereocenters. The molecule has 19 heavy (non-hydrogen) atoms. The van der Waals surface area contributed by atoms with E-state index in [0.29, 0.717) is 26.2 Å². The predicted molar refractivity (Wildman–Crippen MR) is 71.7 cm³/mol. The molecule has 0 saturated carbocycles. The van der Waals surface area contributed by atoms with Crippen LogP contribution in [0, 0.1) is 0 Å². The highest BCUT2D eigenvalue weighted by molar-refractivity contribution is 7.53. The molecule has 0 aliphatic carbocycles. The van der Waals surface area contributed by atoms with Crippen molar-refractivity contribution in [2.75, 3.05) is 19.4 Å². The summed E-state index contributed by atoms with van der Waals surface area (Å²) in [5, 5.41) is 0. The number of H-pyrrole nitrogens is 1. The number of aromatic nitrogens is 2. The lowest BCUT2D eigenvalue weighted by Gasteiger charge is -2.16. The number of aryl methyl sites for hydroxylation is 1. The number of nitrogens with one attached hydrogen (secondary N) is 1. The van der Waals surface area contributed by atoms with Gasteiger partial charge in [0.2, 0.25) is 0 Å². The van der Waals surface area contributed by atoms with Gasteiger partial charge in [0.05, 0.1) is 19.4 Å². The lowest BCUT2D eigenvalue weighted by atomic mass is 10.4. The van der Waals surface area contributed by atoms with E-state index < -0.39 is 18.8 Å². The normalized spacial score (nSPS) is 11.7. The van der Waals surface area contributed by atoms with Gasteiger partial charge in [-0.2, -0.15) is 0 Å². The quantitative estimate of drug-likeness (QED) is 0.726. The average molecular weight is 290 g/mol. The van der Waals surface area contributed by atoms with E-state index in [1.54, 1.807) is 13.8 Å². The Hall–Kier alpha value is -1.17. The number of hydrogen-bond acceptors (Lipinski definition) is 5. The van der Waals surface area contributed by atoms with Crippen molar-refractivity contribution in [1.29, 1.82) is 0 Å². The van der Waals surface area contributed by atoms with Crippen LogP contribution in [0.25, 0.3) is 0 Å². The summed E-state index contributed by atoms with van der Waals surface area (Å²) in [5.41, 5.74) is -0.911. The summed E-state index contributed by atoms with van der Waals surface area (Å²) in [5.74, 6) is 0. The van der Waals surface area contributed by atoms with Crippen LogP contribution in [-0.4, -0.2) is 28.9 Å². The molecule has 0 aromatic carbocycles. The second kappa shape index (κ2) is 7.43. The van der Waals surface area contributed by atoms with Crippen LogP contribution in [0.5, 0.6) is 0 Å². The molecule has 108 valence electrons. The number of aromatic amines is 1. The second-order valence-corrected chi connectivity index (χ2v) is 6.01. The zero-order valence-electron chi connectivity index (χ0n) is 11.1. The summed E-state index contributed by atoms with van der Waals surface area (Å²) in [6.45, 7) is 4.47. The van der Waals surface area contributed by atoms with Gasteiger partial charge in [-0.3, -0.25) is 14.3 Å². The van der Waals surface area contributed by atoms with Gasteiger partial charge in [-0.25, -0.2) is 4.79 Å². The van der Waals surface area contributed by atoms with E-state index >= 15 is 0 Å². The van der Waals surface area contributed by atoms with Gasteiger partial charge in [-0.1, -0.05) is 0 Å². The number of nitrogens with zero attached hydrogens (tertiary/aromatic N) is 1. The molecule has 1 aromatic heterocycles. The van der Waals surface area contributed by atoms with E-state index in [9.17, 15) is 14.2 Å². The first-order chi connectivity index (χ1) is 9.00. The maximum Gasteiger partial charge on any atom is 0.330 e. The molecule has 1 N–H and O–H groups in total. The zero-order valence-corrected chi connectivity index (χ0v) is 12.0. The lowest BCUT2D eigenvalue weighted by Crippen LogP contribution is -2.28. The average Bonchev–Trinajstić information content (AvgIpc) is 2.32. The SMILES string of the molecule is CCOP(=O)(CCCn1ccc(=O)[nH]c1=O)OCC. The molecule has 0 aliphatic rings. The topological polar surface area (TPSA) is 90.4 Å². The van der Waals surface area contributed by atoms with Crippen molar-refractivity contribution in [2.45, 2.75) is 26.8 Å². The molecule has 0 amide bonds. The van der Waals surface area contributed by atoms with Crippen molar-refractivity contribution < 1.29 is 13.6 Å². The Kier molecular flexibility index (Phi) is 6.21. The zero-order chi connectivity index (χ0) is 14.3. The van der Waals surface area contributed by atoms with Crippen LogP contribution >= 0.6 is 7.60 Å². The fourth-order valence-electron chi connectivity index (χ4n) is 1.61. The molecule has 1 heterocycles. The molecule has 0 bridgehead atoms. The summed E-state index contributed by atoms with van der Waals surface area (Å²) in [6.07, 6.45) is 2.11. The Balaban J connectivity index is 2.59. The fraction of sp³-hybridized carbons (Fsp3) is 0.636. The minimum atomic E-state index is -3.07. The lowest BCUT2D eigenvalue weighted by molar-refractivity contribution is 0.219. The maximum atomic E-state index is 12.2. The Morgan fingerprint density at radius 1 is 1.26 bits per heavy atom. The third kappa shape index (κ3) is 5.14. The molecule has 0 fully saturated rings. The summed E-state index contributed by atoms with van der Waals surface area (Å²) in [7, 11) is -3.07. The van der Waals surface area contributed by atoms with Gasteiger partial charge in [0.1, 0.15) is 0 Å². The summed E-state index contributed by atoms with van der Waals surface area (Å²) < 4.78 is 23.8. The fourth-order valence-corrected chi connectivity index (χ4v) is 3.26. The molecule has 0 spiro atoms. The van der Waals surface area contributed by atoms with Crippen LogP contribution in [0.1, 0.15) is 20.3 Å². The molecule has 1 aromatic rings. The van der Waals surface area contributed by atoms with Gasteiger partial charge in [0.15, 0.2) is 0 Å². The minimum Gasteiger partial charge on any atom is -0.309 e. The largest absolute Gasteiger partial charge is 0.330 e. The van der Waals surface area contributed by atoms with E-state index in [2.05, 4.69) is 4.98 Å². The van der Waals surface area contributed by atoms with Gasteiger partial charge in [0.25, 0.3) is 5.56 Å². The maximum absolute atomic E-state index is 12.2. The van der Waals surface area contributed by atoms with E-state index in [0.717, 1.165) is 0 Å². The van der Waals surface area contributed by atoms with Crippen LogP contribution in [0.2, 0.25) is 0 Å².